The maximum Gasteiger partial charge on any atom is 0.319 e. The lowest BCUT2D eigenvalue weighted by molar-refractivity contribution is 0.102. The molecule has 196 valence electrons. The van der Waals surface area contributed by atoms with Crippen molar-refractivity contribution in [1.29, 1.82) is 0 Å². The summed E-state index contributed by atoms with van der Waals surface area (Å²) in [5.41, 5.74) is 1.51. The van der Waals surface area contributed by atoms with Crippen molar-refractivity contribution in [2.75, 3.05) is 41.4 Å². The molecule has 3 amide bonds. The maximum atomic E-state index is 12.9. The number of urea groups is 1. The molecule has 0 radical (unpaired) electrons. The smallest absolute Gasteiger partial charge is 0.319 e. The zero-order valence-electron chi connectivity index (χ0n) is 20.4. The predicted molar refractivity (Wildman–Crippen MR) is 149 cm³/mol. The topological polar surface area (TPSA) is 127 Å². The van der Waals surface area contributed by atoms with Gasteiger partial charge in [0.25, 0.3) is 5.91 Å². The van der Waals surface area contributed by atoms with Crippen molar-refractivity contribution in [2.45, 2.75) is 17.7 Å². The molecular weight excluding hydrogens is 514 g/mol. The Bertz CT molecular complexity index is 1250. The van der Waals surface area contributed by atoms with E-state index in [4.69, 9.17) is 11.6 Å². The zero-order chi connectivity index (χ0) is 26.4. The van der Waals surface area contributed by atoms with Crippen LogP contribution in [0.3, 0.4) is 0 Å². The van der Waals surface area contributed by atoms with Gasteiger partial charge in [0, 0.05) is 42.2 Å². The van der Waals surface area contributed by atoms with Crippen molar-refractivity contribution < 1.29 is 18.7 Å². The number of anilines is 3. The minimum absolute atomic E-state index is 0.237. The van der Waals surface area contributed by atoms with Crippen LogP contribution in [-0.2, 0) is 0 Å². The number of rotatable bonds is 7. The molecule has 4 rings (SSSR count). The van der Waals surface area contributed by atoms with E-state index in [0.717, 1.165) is 18.5 Å². The first-order valence-electron chi connectivity index (χ1n) is 11.8. The number of amides is 3. The van der Waals surface area contributed by atoms with E-state index in [0.29, 0.717) is 47.6 Å². The molecule has 0 saturated carbocycles. The normalized spacial score (nSPS) is 14.6. The molecule has 1 aliphatic rings. The third kappa shape index (κ3) is 7.36. The Kier molecular flexibility index (Phi) is 8.55. The molecule has 2 heterocycles. The van der Waals surface area contributed by atoms with Gasteiger partial charge < -0.3 is 20.9 Å². The van der Waals surface area contributed by atoms with Gasteiger partial charge in [-0.25, -0.2) is 9.78 Å². The van der Waals surface area contributed by atoms with E-state index in [-0.39, 0.29) is 16.8 Å². The van der Waals surface area contributed by atoms with E-state index in [2.05, 4.69) is 25.8 Å². The van der Waals surface area contributed by atoms with Crippen LogP contribution in [0, 0.1) is 5.92 Å². The van der Waals surface area contributed by atoms with Gasteiger partial charge >= 0.3 is 6.03 Å². The average Bonchev–Trinajstić information content (AvgIpc) is 2.88. The molecule has 0 bridgehead atoms. The average molecular weight is 544 g/mol. The molecule has 3 aromatic rings. The Morgan fingerprint density at radius 3 is 2.46 bits per heavy atom. The first kappa shape index (κ1) is 26.7. The highest BCUT2D eigenvalue weighted by Gasteiger charge is 2.25. The number of benzene rings is 2. The fraction of sp³-hybridized carbons (Fsp3) is 0.269. The van der Waals surface area contributed by atoms with Crippen LogP contribution in [0.1, 0.15) is 23.2 Å². The third-order valence-corrected chi connectivity index (χ3v) is 7.47. The molecule has 9 nitrogen and oxygen atoms in total. The summed E-state index contributed by atoms with van der Waals surface area (Å²) in [4.78, 5) is 31.9. The van der Waals surface area contributed by atoms with E-state index in [1.165, 1.54) is 12.5 Å². The molecule has 1 aromatic heterocycles. The number of piperidine rings is 1. The number of hydrogen-bond acceptors (Lipinski definition) is 6. The molecule has 1 aliphatic heterocycles. The van der Waals surface area contributed by atoms with Crippen LogP contribution >= 0.6 is 22.2 Å². The van der Waals surface area contributed by atoms with Gasteiger partial charge in [0.05, 0.1) is 16.8 Å². The van der Waals surface area contributed by atoms with E-state index in [1.54, 1.807) is 30.3 Å². The largest absolute Gasteiger partial charge is 0.355 e. The standard InChI is InChI=1S/C26H30ClN5O4S/c1-37(35,36)22-15-23(31-25(33)19-6-5-7-20(27)14-19)24(28-17-22)32-12-10-18(11-13-32)16-29-26(34)30-21-8-3-2-4-9-21/h2-9,14-15,17-18,35-36H,10-13,16H2,1H3,(H,31,33)(H2,29,30,34). The Morgan fingerprint density at radius 2 is 1.78 bits per heavy atom. The van der Waals surface area contributed by atoms with Crippen molar-refractivity contribution in [1.82, 2.24) is 10.3 Å². The van der Waals surface area contributed by atoms with Crippen LogP contribution in [0.2, 0.25) is 5.02 Å². The SMILES string of the molecule is CS(O)(O)c1cnc(N2CCC(CNC(=O)Nc3ccccc3)CC2)c(NC(=O)c2cccc(Cl)c2)c1. The number of para-hydroxylation sites is 1. The highest BCUT2D eigenvalue weighted by Crippen LogP contribution is 2.45. The van der Waals surface area contributed by atoms with Gasteiger partial charge in [0.15, 0.2) is 5.82 Å². The van der Waals surface area contributed by atoms with Gasteiger partial charge in [0.1, 0.15) is 0 Å². The van der Waals surface area contributed by atoms with Gasteiger partial charge in [-0.05, 0) is 55.2 Å². The number of carbonyl (C=O) groups is 2. The second-order valence-corrected chi connectivity index (χ2v) is 11.5. The lowest BCUT2D eigenvalue weighted by atomic mass is 9.96. The highest BCUT2D eigenvalue weighted by molar-refractivity contribution is 8.23. The highest BCUT2D eigenvalue weighted by atomic mass is 35.5. The van der Waals surface area contributed by atoms with E-state index < -0.39 is 10.6 Å². The number of nitrogens with zero attached hydrogens (tertiary/aromatic N) is 2. The van der Waals surface area contributed by atoms with Crippen LogP contribution in [-0.4, -0.2) is 51.9 Å². The Labute approximate surface area is 222 Å². The van der Waals surface area contributed by atoms with Crippen LogP contribution in [0.25, 0.3) is 0 Å². The molecular formula is C26H30ClN5O4S. The lowest BCUT2D eigenvalue weighted by Crippen LogP contribution is -2.40. The molecule has 5 N–H and O–H groups in total. The van der Waals surface area contributed by atoms with Crippen molar-refractivity contribution in [3.05, 3.63) is 77.4 Å². The van der Waals surface area contributed by atoms with E-state index in [9.17, 15) is 18.7 Å². The molecule has 0 atom stereocenters. The van der Waals surface area contributed by atoms with Crippen molar-refractivity contribution in [2.24, 2.45) is 5.92 Å². The summed E-state index contributed by atoms with van der Waals surface area (Å²) >= 11 is 6.04. The first-order chi connectivity index (χ1) is 17.7. The van der Waals surface area contributed by atoms with Crippen LogP contribution in [0.4, 0.5) is 22.0 Å². The molecule has 2 aromatic carbocycles. The number of aromatic nitrogens is 1. The van der Waals surface area contributed by atoms with Gasteiger partial charge in [-0.3, -0.25) is 13.9 Å². The van der Waals surface area contributed by atoms with Gasteiger partial charge in [-0.1, -0.05) is 35.9 Å². The van der Waals surface area contributed by atoms with E-state index >= 15 is 0 Å². The molecule has 0 unspecified atom stereocenters. The summed E-state index contributed by atoms with van der Waals surface area (Å²) in [6, 6.07) is 17.2. The van der Waals surface area contributed by atoms with Gasteiger partial charge in [-0.15, -0.1) is 0 Å². The number of halogens is 1. The van der Waals surface area contributed by atoms with Crippen LogP contribution < -0.4 is 20.9 Å². The molecule has 1 saturated heterocycles. The summed E-state index contributed by atoms with van der Waals surface area (Å²) in [5.74, 6) is 0.471. The summed E-state index contributed by atoms with van der Waals surface area (Å²) in [7, 11) is -3.03. The monoisotopic (exact) mass is 543 g/mol. The van der Waals surface area contributed by atoms with Gasteiger partial charge in [-0.2, -0.15) is 10.6 Å². The number of nitrogens with one attached hydrogen (secondary N) is 3. The van der Waals surface area contributed by atoms with Gasteiger partial charge in [0.2, 0.25) is 0 Å². The molecule has 0 aliphatic carbocycles. The molecule has 0 spiro atoms. The Morgan fingerprint density at radius 1 is 1.05 bits per heavy atom. The summed E-state index contributed by atoms with van der Waals surface area (Å²) in [5, 5.41) is 9.06. The minimum atomic E-state index is -3.03. The van der Waals surface area contributed by atoms with Crippen molar-refractivity contribution >= 4 is 51.3 Å². The summed E-state index contributed by atoms with van der Waals surface area (Å²) < 4.78 is 20.3. The second-order valence-electron chi connectivity index (χ2n) is 8.97. The molecule has 1 fully saturated rings. The minimum Gasteiger partial charge on any atom is -0.355 e. The molecule has 37 heavy (non-hydrogen) atoms. The summed E-state index contributed by atoms with van der Waals surface area (Å²) in [6.07, 6.45) is 4.39. The number of pyridine rings is 1. The lowest BCUT2D eigenvalue weighted by Gasteiger charge is -2.35. The summed E-state index contributed by atoms with van der Waals surface area (Å²) in [6.45, 7) is 1.89. The predicted octanol–water partition coefficient (Wildman–Crippen LogP) is 5.76. The quantitative estimate of drug-likeness (QED) is 0.258. The van der Waals surface area contributed by atoms with Crippen LogP contribution in [0.15, 0.2) is 71.8 Å². The van der Waals surface area contributed by atoms with Crippen molar-refractivity contribution in [3.63, 3.8) is 0 Å². The number of hydrogen-bond donors (Lipinski definition) is 5. The number of carbonyl (C=O) groups excluding carboxylic acids is 2. The van der Waals surface area contributed by atoms with Crippen molar-refractivity contribution in [3.8, 4) is 0 Å². The third-order valence-electron chi connectivity index (χ3n) is 6.12. The Hall–Kier alpha value is -3.31. The maximum absolute atomic E-state index is 12.9. The fourth-order valence-corrected chi connectivity index (χ4v) is 4.88. The second kappa shape index (κ2) is 11.8. The first-order valence-corrected chi connectivity index (χ1v) is 14.2. The Balaban J connectivity index is 1.40. The fourth-order valence-electron chi connectivity index (χ4n) is 4.10. The van der Waals surface area contributed by atoms with E-state index in [1.807, 2.05) is 30.3 Å². The van der Waals surface area contributed by atoms with Crippen LogP contribution in [0.5, 0.6) is 0 Å². The molecule has 11 heteroatoms. The zero-order valence-corrected chi connectivity index (χ0v) is 21.9.